The van der Waals surface area contributed by atoms with Gasteiger partial charge in [-0.1, -0.05) is 19.1 Å². The van der Waals surface area contributed by atoms with Crippen molar-refractivity contribution in [3.63, 3.8) is 0 Å². The molecule has 184 valence electrons. The van der Waals surface area contributed by atoms with E-state index in [1.807, 2.05) is 31.2 Å². The Bertz CT molecular complexity index is 770. The third-order valence-corrected chi connectivity index (χ3v) is 5.90. The van der Waals surface area contributed by atoms with Gasteiger partial charge in [0.25, 0.3) is 0 Å². The molecule has 0 spiro atoms. The van der Waals surface area contributed by atoms with E-state index in [1.165, 1.54) is 0 Å². The van der Waals surface area contributed by atoms with Crippen molar-refractivity contribution in [2.45, 2.75) is 83.7 Å². The molecule has 0 aromatic heterocycles. The van der Waals surface area contributed by atoms with Gasteiger partial charge in [-0.05, 0) is 85.7 Å². The predicted molar refractivity (Wildman–Crippen MR) is 136 cm³/mol. The van der Waals surface area contributed by atoms with E-state index in [4.69, 9.17) is 5.11 Å². The number of benzene rings is 1. The second-order valence-corrected chi connectivity index (χ2v) is 9.39. The molecule has 0 aliphatic rings. The fourth-order valence-corrected chi connectivity index (χ4v) is 3.61. The zero-order chi connectivity index (χ0) is 24.6. The number of unbranched alkanes of at least 4 members (excludes halogenated alkanes) is 1. The highest BCUT2D eigenvalue weighted by molar-refractivity contribution is 14.1. The van der Waals surface area contributed by atoms with E-state index in [9.17, 15) is 19.2 Å². The van der Waals surface area contributed by atoms with E-state index in [2.05, 4.69) is 38.5 Å². The number of rotatable bonds is 16. The molecule has 2 atom stereocenters. The van der Waals surface area contributed by atoms with Crippen molar-refractivity contribution >= 4 is 46.3 Å². The zero-order valence-electron chi connectivity index (χ0n) is 19.5. The molecule has 0 heterocycles. The Morgan fingerprint density at radius 1 is 0.939 bits per heavy atom. The molecule has 1 aromatic rings. The molecule has 0 saturated carbocycles. The Kier molecular flexibility index (Phi) is 14.4. The highest BCUT2D eigenvalue weighted by Gasteiger charge is 2.22. The SMILES string of the molecule is CCC(=O)NCCCC[C@@H](C)NC(=O)[C@H](CCC(=O)O)NC(=O)CCCc1ccc(I)cc1. The van der Waals surface area contributed by atoms with Gasteiger partial charge in [0.2, 0.25) is 17.7 Å². The number of halogens is 1. The van der Waals surface area contributed by atoms with Crippen LogP contribution in [-0.4, -0.2) is 47.4 Å². The number of carbonyl (C=O) groups excluding carboxylic acids is 3. The first-order chi connectivity index (χ1) is 15.7. The van der Waals surface area contributed by atoms with Crippen molar-refractivity contribution in [3.05, 3.63) is 33.4 Å². The maximum absolute atomic E-state index is 12.7. The quantitative estimate of drug-likeness (QED) is 0.179. The van der Waals surface area contributed by atoms with E-state index in [1.54, 1.807) is 6.92 Å². The minimum Gasteiger partial charge on any atom is -0.481 e. The summed E-state index contributed by atoms with van der Waals surface area (Å²) < 4.78 is 1.15. The van der Waals surface area contributed by atoms with Gasteiger partial charge in [-0.3, -0.25) is 19.2 Å². The number of amides is 3. The first-order valence-corrected chi connectivity index (χ1v) is 12.6. The van der Waals surface area contributed by atoms with Crippen LogP contribution in [0.5, 0.6) is 0 Å². The van der Waals surface area contributed by atoms with Gasteiger partial charge in [-0.25, -0.2) is 0 Å². The number of carbonyl (C=O) groups is 4. The lowest BCUT2D eigenvalue weighted by Gasteiger charge is -2.21. The normalized spacial score (nSPS) is 12.5. The van der Waals surface area contributed by atoms with Crippen molar-refractivity contribution in [3.8, 4) is 0 Å². The molecule has 0 radical (unpaired) electrons. The monoisotopic (exact) mass is 573 g/mol. The van der Waals surface area contributed by atoms with Gasteiger partial charge in [-0.15, -0.1) is 0 Å². The van der Waals surface area contributed by atoms with Gasteiger partial charge in [0.15, 0.2) is 0 Å². The van der Waals surface area contributed by atoms with E-state index in [0.29, 0.717) is 19.4 Å². The van der Waals surface area contributed by atoms with E-state index in [-0.39, 0.29) is 43.0 Å². The molecule has 0 saturated heterocycles. The first-order valence-electron chi connectivity index (χ1n) is 11.5. The molecule has 8 nitrogen and oxygen atoms in total. The van der Waals surface area contributed by atoms with Crippen molar-refractivity contribution < 1.29 is 24.3 Å². The molecule has 4 N–H and O–H groups in total. The summed E-state index contributed by atoms with van der Waals surface area (Å²) in [6.45, 7) is 4.28. The third kappa shape index (κ3) is 13.9. The van der Waals surface area contributed by atoms with Crippen LogP contribution in [0.2, 0.25) is 0 Å². The van der Waals surface area contributed by atoms with Gasteiger partial charge >= 0.3 is 5.97 Å². The van der Waals surface area contributed by atoms with E-state index < -0.39 is 12.0 Å². The van der Waals surface area contributed by atoms with Crippen LogP contribution in [-0.2, 0) is 25.6 Å². The van der Waals surface area contributed by atoms with Crippen molar-refractivity contribution in [1.29, 1.82) is 0 Å². The maximum Gasteiger partial charge on any atom is 0.303 e. The fraction of sp³-hybridized carbons (Fsp3) is 0.583. The number of hydrogen-bond donors (Lipinski definition) is 4. The van der Waals surface area contributed by atoms with Gasteiger partial charge in [0.1, 0.15) is 6.04 Å². The molecule has 0 unspecified atom stereocenters. The standard InChI is InChI=1S/C24H36IN3O5/c1-3-21(29)26-16-5-4-7-17(2)27-24(33)20(14-15-23(31)32)28-22(30)9-6-8-18-10-12-19(25)13-11-18/h10-13,17,20H,3-9,14-16H2,1-2H3,(H,26,29)(H,27,33)(H,28,30)(H,31,32)/t17-,20+/m1/s1. The van der Waals surface area contributed by atoms with Crippen molar-refractivity contribution in [2.75, 3.05) is 6.54 Å². The minimum atomic E-state index is -1.01. The van der Waals surface area contributed by atoms with Gasteiger partial charge in [-0.2, -0.15) is 0 Å². The predicted octanol–water partition coefficient (Wildman–Crippen LogP) is 3.16. The van der Waals surface area contributed by atoms with Crippen LogP contribution in [0.25, 0.3) is 0 Å². The molecule has 9 heteroatoms. The van der Waals surface area contributed by atoms with Crippen LogP contribution in [0.1, 0.15) is 70.8 Å². The summed E-state index contributed by atoms with van der Waals surface area (Å²) in [7, 11) is 0. The molecule has 33 heavy (non-hydrogen) atoms. The number of aliphatic carboxylic acids is 1. The second-order valence-electron chi connectivity index (χ2n) is 8.14. The van der Waals surface area contributed by atoms with Crippen molar-refractivity contribution in [1.82, 2.24) is 16.0 Å². The number of hydrogen-bond acceptors (Lipinski definition) is 4. The van der Waals surface area contributed by atoms with Crippen LogP contribution >= 0.6 is 22.6 Å². The lowest BCUT2D eigenvalue weighted by Crippen LogP contribution is -2.49. The number of carboxylic acids is 1. The van der Waals surface area contributed by atoms with Crippen LogP contribution < -0.4 is 16.0 Å². The summed E-state index contributed by atoms with van der Waals surface area (Å²) >= 11 is 2.24. The molecular weight excluding hydrogens is 537 g/mol. The molecule has 0 fully saturated rings. The third-order valence-electron chi connectivity index (χ3n) is 5.18. The Hall–Kier alpha value is -2.17. The molecule has 1 aromatic carbocycles. The Morgan fingerprint density at radius 2 is 1.64 bits per heavy atom. The Labute approximate surface area is 209 Å². The largest absolute Gasteiger partial charge is 0.481 e. The lowest BCUT2D eigenvalue weighted by atomic mass is 10.1. The van der Waals surface area contributed by atoms with Crippen LogP contribution in [0.3, 0.4) is 0 Å². The van der Waals surface area contributed by atoms with Crippen molar-refractivity contribution in [2.24, 2.45) is 0 Å². The zero-order valence-corrected chi connectivity index (χ0v) is 21.7. The number of aryl methyl sites for hydroxylation is 1. The van der Waals surface area contributed by atoms with Crippen LogP contribution in [0.4, 0.5) is 0 Å². The van der Waals surface area contributed by atoms with E-state index >= 15 is 0 Å². The summed E-state index contributed by atoms with van der Waals surface area (Å²) in [6, 6.07) is 7.10. The topological polar surface area (TPSA) is 125 Å². The second kappa shape index (κ2) is 16.4. The van der Waals surface area contributed by atoms with Crippen LogP contribution in [0.15, 0.2) is 24.3 Å². The summed E-state index contributed by atoms with van der Waals surface area (Å²) in [4.78, 5) is 47.3. The fourth-order valence-electron chi connectivity index (χ4n) is 3.25. The molecule has 3 amide bonds. The minimum absolute atomic E-state index is 0.0203. The smallest absolute Gasteiger partial charge is 0.303 e. The average molecular weight is 573 g/mol. The Balaban J connectivity index is 2.44. The highest BCUT2D eigenvalue weighted by atomic mass is 127. The van der Waals surface area contributed by atoms with Gasteiger partial charge < -0.3 is 21.1 Å². The van der Waals surface area contributed by atoms with Gasteiger partial charge in [0.05, 0.1) is 0 Å². The van der Waals surface area contributed by atoms with E-state index in [0.717, 1.165) is 34.8 Å². The Morgan fingerprint density at radius 3 is 2.27 bits per heavy atom. The highest BCUT2D eigenvalue weighted by Crippen LogP contribution is 2.10. The van der Waals surface area contributed by atoms with Crippen LogP contribution in [0, 0.1) is 3.57 Å². The first kappa shape index (κ1) is 28.9. The molecule has 0 aliphatic heterocycles. The summed E-state index contributed by atoms with van der Waals surface area (Å²) in [6.07, 6.45) is 4.33. The average Bonchev–Trinajstić information content (AvgIpc) is 2.77. The summed E-state index contributed by atoms with van der Waals surface area (Å²) in [5.41, 5.74) is 1.14. The summed E-state index contributed by atoms with van der Waals surface area (Å²) in [5.74, 6) is -1.62. The van der Waals surface area contributed by atoms with Gasteiger partial charge in [0, 0.05) is 35.4 Å². The lowest BCUT2D eigenvalue weighted by molar-refractivity contribution is -0.138. The molecular formula is C24H36IN3O5. The molecule has 0 bridgehead atoms. The molecule has 1 rings (SSSR count). The number of carboxylic acid groups (broad SMARTS) is 1. The maximum atomic E-state index is 12.7. The summed E-state index contributed by atoms with van der Waals surface area (Å²) in [5, 5.41) is 17.4. The molecule has 0 aliphatic carbocycles. The number of nitrogens with one attached hydrogen (secondary N) is 3.